The van der Waals surface area contributed by atoms with Gasteiger partial charge >= 0.3 is 0 Å². The Labute approximate surface area is 133 Å². The summed E-state index contributed by atoms with van der Waals surface area (Å²) in [5.41, 5.74) is 1.10. The Kier molecular flexibility index (Phi) is 4.41. The maximum absolute atomic E-state index is 11.7. The zero-order chi connectivity index (χ0) is 14.7. The largest absolute Gasteiger partial charge is 0.458 e. The molecule has 1 aliphatic carbocycles. The topological polar surface area (TPSA) is 38.3 Å². The molecule has 5 heteroatoms. The van der Waals surface area contributed by atoms with E-state index in [-0.39, 0.29) is 11.2 Å². The quantitative estimate of drug-likeness (QED) is 0.864. The van der Waals surface area contributed by atoms with E-state index in [0.29, 0.717) is 10.7 Å². The first-order valence-corrected chi connectivity index (χ1v) is 8.14. The molecule has 108 valence electrons. The number of ether oxygens (including phenoxy) is 1. The Morgan fingerprint density at radius 1 is 1.29 bits per heavy atom. The number of benzene rings is 1. The number of hydrogen-bond donors (Lipinski definition) is 1. The van der Waals surface area contributed by atoms with Gasteiger partial charge in [-0.25, -0.2) is 0 Å². The van der Waals surface area contributed by atoms with E-state index in [2.05, 4.69) is 17.5 Å². The van der Waals surface area contributed by atoms with Crippen LogP contribution in [-0.4, -0.2) is 15.5 Å². The first kappa shape index (κ1) is 14.4. The van der Waals surface area contributed by atoms with Gasteiger partial charge in [0.15, 0.2) is 0 Å². The van der Waals surface area contributed by atoms with Crippen LogP contribution in [0.25, 0.3) is 0 Å². The van der Waals surface area contributed by atoms with Gasteiger partial charge in [0.05, 0.1) is 5.25 Å². The van der Waals surface area contributed by atoms with Crippen molar-refractivity contribution < 1.29 is 9.53 Å². The number of rotatable bonds is 4. The summed E-state index contributed by atoms with van der Waals surface area (Å²) >= 11 is 6.42. The molecule has 1 amide bonds. The van der Waals surface area contributed by atoms with Crippen LogP contribution in [0.15, 0.2) is 48.3 Å². The van der Waals surface area contributed by atoms with Gasteiger partial charge < -0.3 is 10.1 Å². The van der Waals surface area contributed by atoms with Gasteiger partial charge in [0, 0.05) is 0 Å². The smallest absolute Gasteiger partial charge is 0.239 e. The highest BCUT2D eigenvalue weighted by molar-refractivity contribution is 8.24. The molecule has 0 spiro atoms. The van der Waals surface area contributed by atoms with Crippen molar-refractivity contribution in [2.75, 3.05) is 0 Å². The van der Waals surface area contributed by atoms with E-state index < -0.39 is 0 Å². The number of thiocarbonyl (C=S) groups is 1. The third-order valence-corrected chi connectivity index (χ3v) is 4.68. The highest BCUT2D eigenvalue weighted by Crippen LogP contribution is 2.25. The molecule has 3 nitrogen and oxygen atoms in total. The van der Waals surface area contributed by atoms with E-state index in [4.69, 9.17) is 17.0 Å². The lowest BCUT2D eigenvalue weighted by molar-refractivity contribution is -0.118. The number of hydrogen-bond acceptors (Lipinski definition) is 4. The van der Waals surface area contributed by atoms with Gasteiger partial charge in [-0.15, -0.1) is 0 Å². The Balaban J connectivity index is 1.61. The van der Waals surface area contributed by atoms with Crippen LogP contribution in [0.2, 0.25) is 0 Å². The lowest BCUT2D eigenvalue weighted by Crippen LogP contribution is -2.25. The lowest BCUT2D eigenvalue weighted by atomic mass is 10.1. The second kappa shape index (κ2) is 6.45. The van der Waals surface area contributed by atoms with Crippen LogP contribution in [0.4, 0.5) is 0 Å². The molecule has 1 N–H and O–H groups in total. The van der Waals surface area contributed by atoms with Crippen LogP contribution in [-0.2, 0) is 11.2 Å². The average Bonchev–Trinajstić information content (AvgIpc) is 2.80. The minimum Gasteiger partial charge on any atom is -0.458 e. The van der Waals surface area contributed by atoms with Crippen molar-refractivity contribution in [2.24, 2.45) is 0 Å². The van der Waals surface area contributed by atoms with Gasteiger partial charge in [-0.1, -0.05) is 42.2 Å². The summed E-state index contributed by atoms with van der Waals surface area (Å²) in [4.78, 5) is 11.7. The third-order valence-electron chi connectivity index (χ3n) is 3.31. The van der Waals surface area contributed by atoms with Crippen LogP contribution in [0.3, 0.4) is 0 Å². The molecule has 0 radical (unpaired) electrons. The standard InChI is InChI=1S/C16H15NO2S2/c18-15-14(21-16(20)17-15)10-11-6-8-13(9-7-11)19-12-4-2-1-3-5-12/h2,4-9,14H,1,3,10H2,(H,17,18,20). The van der Waals surface area contributed by atoms with E-state index >= 15 is 0 Å². The predicted octanol–water partition coefficient (Wildman–Crippen LogP) is 3.36. The lowest BCUT2D eigenvalue weighted by Gasteiger charge is -2.10. The van der Waals surface area contributed by atoms with E-state index in [9.17, 15) is 4.79 Å². The van der Waals surface area contributed by atoms with Gasteiger partial charge in [-0.2, -0.15) is 0 Å². The first-order valence-electron chi connectivity index (χ1n) is 6.86. The molecule has 0 bridgehead atoms. The van der Waals surface area contributed by atoms with Gasteiger partial charge in [-0.05, 0) is 49.1 Å². The van der Waals surface area contributed by atoms with Crippen molar-refractivity contribution in [3.05, 3.63) is 53.8 Å². The summed E-state index contributed by atoms with van der Waals surface area (Å²) in [5, 5.41) is 2.55. The van der Waals surface area contributed by atoms with Crippen molar-refractivity contribution in [1.82, 2.24) is 5.32 Å². The van der Waals surface area contributed by atoms with Crippen LogP contribution in [0, 0.1) is 0 Å². The summed E-state index contributed by atoms with van der Waals surface area (Å²) in [6, 6.07) is 7.87. The number of allylic oxidation sites excluding steroid dienone is 3. The molecule has 1 saturated heterocycles. The second-order valence-corrected chi connectivity index (χ2v) is 6.80. The van der Waals surface area contributed by atoms with Crippen molar-refractivity contribution >= 4 is 34.2 Å². The zero-order valence-electron chi connectivity index (χ0n) is 11.4. The first-order chi connectivity index (χ1) is 10.2. The van der Waals surface area contributed by atoms with Gasteiger partial charge in [0.25, 0.3) is 0 Å². The molecule has 0 aromatic heterocycles. The highest BCUT2D eigenvalue weighted by Gasteiger charge is 2.28. The normalized spacial score (nSPS) is 21.1. The molecule has 21 heavy (non-hydrogen) atoms. The maximum atomic E-state index is 11.7. The molecule has 1 aromatic rings. The van der Waals surface area contributed by atoms with E-state index in [0.717, 1.165) is 29.9 Å². The number of carbonyl (C=O) groups excluding carboxylic acids is 1. The molecule has 2 aliphatic rings. The fourth-order valence-corrected chi connectivity index (χ4v) is 3.55. The summed E-state index contributed by atoms with van der Waals surface area (Å²) in [6.45, 7) is 0. The number of thioether (sulfide) groups is 1. The third kappa shape index (κ3) is 3.74. The molecule has 1 heterocycles. The molecule has 1 unspecified atom stereocenters. The van der Waals surface area contributed by atoms with E-state index in [1.807, 2.05) is 30.3 Å². The Hall–Kier alpha value is -1.59. The van der Waals surface area contributed by atoms with Gasteiger partial charge in [0.2, 0.25) is 5.91 Å². The molecule has 0 saturated carbocycles. The average molecular weight is 317 g/mol. The molecule has 1 atom stereocenters. The molecular formula is C16H15NO2S2. The Bertz CT molecular complexity index is 620. The predicted molar refractivity (Wildman–Crippen MR) is 89.4 cm³/mol. The minimum atomic E-state index is -0.117. The van der Waals surface area contributed by atoms with E-state index in [1.165, 1.54) is 11.8 Å². The summed E-state index contributed by atoms with van der Waals surface area (Å²) in [7, 11) is 0. The molecule has 1 aromatic carbocycles. The van der Waals surface area contributed by atoms with Crippen molar-refractivity contribution in [3.8, 4) is 5.75 Å². The van der Waals surface area contributed by atoms with Crippen molar-refractivity contribution in [2.45, 2.75) is 24.5 Å². The summed E-state index contributed by atoms with van der Waals surface area (Å²) in [5.74, 6) is 1.71. The molecule has 3 rings (SSSR count). The van der Waals surface area contributed by atoms with Crippen LogP contribution < -0.4 is 10.1 Å². The monoisotopic (exact) mass is 317 g/mol. The fourth-order valence-electron chi connectivity index (χ4n) is 2.24. The summed E-state index contributed by atoms with van der Waals surface area (Å²) < 4.78 is 6.36. The maximum Gasteiger partial charge on any atom is 0.239 e. The summed E-state index contributed by atoms with van der Waals surface area (Å²) in [6.07, 6.45) is 8.99. The van der Waals surface area contributed by atoms with Crippen LogP contribution in [0.1, 0.15) is 18.4 Å². The Morgan fingerprint density at radius 2 is 2.10 bits per heavy atom. The molecule has 1 fully saturated rings. The van der Waals surface area contributed by atoms with Crippen molar-refractivity contribution in [3.63, 3.8) is 0 Å². The van der Waals surface area contributed by atoms with Crippen molar-refractivity contribution in [1.29, 1.82) is 0 Å². The van der Waals surface area contributed by atoms with Crippen LogP contribution >= 0.6 is 24.0 Å². The van der Waals surface area contributed by atoms with Gasteiger partial charge in [0.1, 0.15) is 15.8 Å². The fraction of sp³-hybridized carbons (Fsp3) is 0.250. The molecular weight excluding hydrogens is 302 g/mol. The SMILES string of the molecule is O=C1NC(=S)SC1Cc1ccc(OC2=CCCC=C2)cc1. The van der Waals surface area contributed by atoms with E-state index in [1.54, 1.807) is 0 Å². The number of carbonyl (C=O) groups is 1. The number of amides is 1. The van der Waals surface area contributed by atoms with Crippen LogP contribution in [0.5, 0.6) is 5.75 Å². The zero-order valence-corrected chi connectivity index (χ0v) is 13.0. The Morgan fingerprint density at radius 3 is 2.71 bits per heavy atom. The second-order valence-electron chi connectivity index (χ2n) is 4.92. The van der Waals surface area contributed by atoms with Gasteiger partial charge in [-0.3, -0.25) is 4.79 Å². The highest BCUT2D eigenvalue weighted by atomic mass is 32.2. The minimum absolute atomic E-state index is 0.00262. The molecule has 1 aliphatic heterocycles. The number of nitrogens with one attached hydrogen (secondary N) is 1.